The number of hydrogen-bond donors (Lipinski definition) is 1. The zero-order valence-corrected chi connectivity index (χ0v) is 10.5. The molecule has 0 amide bonds. The molecule has 0 aliphatic rings. The second-order valence-electron chi connectivity index (χ2n) is 3.97. The standard InChI is InChI=1S/C16H15NO2/c1-2-13-7-3-4-9-15(13)12-19-16-10-6-5-8-14(16)11-17-18/h2-11,18H,1,12H2/b17-11+. The lowest BCUT2D eigenvalue weighted by atomic mass is 10.1. The van der Waals surface area contributed by atoms with Gasteiger partial charge in [-0.3, -0.25) is 0 Å². The van der Waals surface area contributed by atoms with Gasteiger partial charge in [-0.05, 0) is 23.3 Å². The van der Waals surface area contributed by atoms with Crippen molar-refractivity contribution in [3.8, 4) is 5.75 Å². The molecule has 0 atom stereocenters. The lowest BCUT2D eigenvalue weighted by molar-refractivity contribution is 0.304. The Morgan fingerprint density at radius 3 is 2.47 bits per heavy atom. The summed E-state index contributed by atoms with van der Waals surface area (Å²) in [7, 11) is 0. The minimum Gasteiger partial charge on any atom is -0.488 e. The molecule has 96 valence electrons. The van der Waals surface area contributed by atoms with Gasteiger partial charge in [-0.25, -0.2) is 0 Å². The average molecular weight is 253 g/mol. The van der Waals surface area contributed by atoms with Gasteiger partial charge in [0.05, 0.1) is 6.21 Å². The molecule has 3 nitrogen and oxygen atoms in total. The fourth-order valence-corrected chi connectivity index (χ4v) is 1.80. The third kappa shape index (κ3) is 3.22. The summed E-state index contributed by atoms with van der Waals surface area (Å²) in [5.74, 6) is 0.680. The van der Waals surface area contributed by atoms with E-state index in [0.717, 1.165) is 16.7 Å². The van der Waals surface area contributed by atoms with Crippen LogP contribution in [0.3, 0.4) is 0 Å². The Hall–Kier alpha value is -2.55. The molecule has 0 saturated carbocycles. The SMILES string of the molecule is C=Cc1ccccc1COc1ccccc1/C=N/O. The van der Waals surface area contributed by atoms with Gasteiger partial charge in [-0.2, -0.15) is 0 Å². The van der Waals surface area contributed by atoms with Crippen LogP contribution in [0.25, 0.3) is 6.08 Å². The van der Waals surface area contributed by atoms with Gasteiger partial charge < -0.3 is 9.94 Å². The maximum Gasteiger partial charge on any atom is 0.128 e. The Bertz CT molecular complexity index is 591. The van der Waals surface area contributed by atoms with E-state index in [4.69, 9.17) is 9.94 Å². The van der Waals surface area contributed by atoms with Crippen molar-refractivity contribution in [2.75, 3.05) is 0 Å². The molecule has 0 spiro atoms. The number of oxime groups is 1. The molecular formula is C16H15NO2. The molecule has 3 heteroatoms. The fraction of sp³-hybridized carbons (Fsp3) is 0.0625. The molecule has 0 aliphatic carbocycles. The summed E-state index contributed by atoms with van der Waals surface area (Å²) in [6, 6.07) is 15.3. The van der Waals surface area contributed by atoms with Gasteiger partial charge in [0.25, 0.3) is 0 Å². The van der Waals surface area contributed by atoms with Crippen LogP contribution in [0.4, 0.5) is 0 Å². The molecule has 0 radical (unpaired) electrons. The predicted molar refractivity (Wildman–Crippen MR) is 76.7 cm³/mol. The second kappa shape index (κ2) is 6.40. The number of nitrogens with zero attached hydrogens (tertiary/aromatic N) is 1. The van der Waals surface area contributed by atoms with Crippen LogP contribution in [0.15, 0.2) is 60.3 Å². The number of ether oxygens (including phenoxy) is 1. The van der Waals surface area contributed by atoms with E-state index in [1.54, 1.807) is 6.08 Å². The molecule has 2 aromatic carbocycles. The van der Waals surface area contributed by atoms with Gasteiger partial charge in [0.15, 0.2) is 0 Å². The molecule has 1 N–H and O–H groups in total. The fourth-order valence-electron chi connectivity index (χ4n) is 1.80. The van der Waals surface area contributed by atoms with Gasteiger partial charge in [-0.15, -0.1) is 0 Å². The van der Waals surface area contributed by atoms with E-state index in [2.05, 4.69) is 11.7 Å². The summed E-state index contributed by atoms with van der Waals surface area (Å²) in [6.07, 6.45) is 3.16. The van der Waals surface area contributed by atoms with Crippen molar-refractivity contribution in [3.05, 3.63) is 71.8 Å². The van der Waals surface area contributed by atoms with Gasteiger partial charge in [-0.1, -0.05) is 54.2 Å². The minimum atomic E-state index is 0.443. The molecule has 0 bridgehead atoms. The van der Waals surface area contributed by atoms with Crippen LogP contribution >= 0.6 is 0 Å². The van der Waals surface area contributed by atoms with E-state index < -0.39 is 0 Å². The van der Waals surface area contributed by atoms with Crippen LogP contribution in [-0.4, -0.2) is 11.4 Å². The van der Waals surface area contributed by atoms with Crippen molar-refractivity contribution in [2.24, 2.45) is 5.16 Å². The third-order valence-corrected chi connectivity index (χ3v) is 2.77. The van der Waals surface area contributed by atoms with E-state index in [1.165, 1.54) is 6.21 Å². The molecule has 0 aromatic heterocycles. The zero-order chi connectivity index (χ0) is 13.5. The highest BCUT2D eigenvalue weighted by atomic mass is 16.5. The molecule has 0 fully saturated rings. The van der Waals surface area contributed by atoms with Crippen molar-refractivity contribution in [1.29, 1.82) is 0 Å². The highest BCUT2D eigenvalue weighted by molar-refractivity contribution is 5.82. The number of rotatable bonds is 5. The van der Waals surface area contributed by atoms with Crippen molar-refractivity contribution in [1.82, 2.24) is 0 Å². The number of benzene rings is 2. The van der Waals surface area contributed by atoms with Crippen LogP contribution < -0.4 is 4.74 Å². The van der Waals surface area contributed by atoms with E-state index in [0.29, 0.717) is 12.4 Å². The normalized spacial score (nSPS) is 10.5. The highest BCUT2D eigenvalue weighted by Gasteiger charge is 2.03. The van der Waals surface area contributed by atoms with Crippen LogP contribution in [0.2, 0.25) is 0 Å². The van der Waals surface area contributed by atoms with E-state index in [9.17, 15) is 0 Å². The summed E-state index contributed by atoms with van der Waals surface area (Å²) in [4.78, 5) is 0. The molecule has 0 unspecified atom stereocenters. The van der Waals surface area contributed by atoms with Crippen molar-refractivity contribution in [3.63, 3.8) is 0 Å². The molecule has 0 aliphatic heterocycles. The van der Waals surface area contributed by atoms with Gasteiger partial charge in [0.1, 0.15) is 12.4 Å². The first-order valence-corrected chi connectivity index (χ1v) is 5.94. The molecule has 19 heavy (non-hydrogen) atoms. The Morgan fingerprint density at radius 2 is 1.74 bits per heavy atom. The first-order chi connectivity index (χ1) is 9.35. The first kappa shape index (κ1) is 12.9. The molecule has 0 saturated heterocycles. The Labute approximate surface area is 112 Å². The van der Waals surface area contributed by atoms with E-state index in [-0.39, 0.29) is 0 Å². The number of hydrogen-bond acceptors (Lipinski definition) is 3. The lowest BCUT2D eigenvalue weighted by Crippen LogP contribution is -2.00. The Morgan fingerprint density at radius 1 is 1.05 bits per heavy atom. The summed E-state index contributed by atoms with van der Waals surface area (Å²) in [6.45, 7) is 4.23. The summed E-state index contributed by atoms with van der Waals surface area (Å²) in [5.41, 5.74) is 2.85. The quantitative estimate of drug-likeness (QED) is 0.501. The van der Waals surface area contributed by atoms with Crippen molar-refractivity contribution in [2.45, 2.75) is 6.61 Å². The van der Waals surface area contributed by atoms with Gasteiger partial charge >= 0.3 is 0 Å². The third-order valence-electron chi connectivity index (χ3n) is 2.77. The molecule has 2 rings (SSSR count). The molecule has 0 heterocycles. The topological polar surface area (TPSA) is 41.8 Å². The maximum atomic E-state index is 8.61. The van der Waals surface area contributed by atoms with Gasteiger partial charge in [0, 0.05) is 5.56 Å². The van der Waals surface area contributed by atoms with Crippen LogP contribution in [0, 0.1) is 0 Å². The van der Waals surface area contributed by atoms with Crippen LogP contribution in [-0.2, 0) is 6.61 Å². The first-order valence-electron chi connectivity index (χ1n) is 5.94. The molecular weight excluding hydrogens is 238 g/mol. The van der Waals surface area contributed by atoms with Crippen molar-refractivity contribution >= 4 is 12.3 Å². The summed E-state index contributed by atoms with van der Waals surface area (Å²) >= 11 is 0. The average Bonchev–Trinajstić information content (AvgIpc) is 2.47. The van der Waals surface area contributed by atoms with Crippen molar-refractivity contribution < 1.29 is 9.94 Å². The van der Waals surface area contributed by atoms with Gasteiger partial charge in [0.2, 0.25) is 0 Å². The smallest absolute Gasteiger partial charge is 0.128 e. The number of para-hydroxylation sites is 1. The Balaban J connectivity index is 2.17. The van der Waals surface area contributed by atoms with Crippen LogP contribution in [0.1, 0.15) is 16.7 Å². The summed E-state index contributed by atoms with van der Waals surface area (Å²) < 4.78 is 5.77. The zero-order valence-electron chi connectivity index (χ0n) is 10.5. The highest BCUT2D eigenvalue weighted by Crippen LogP contribution is 2.19. The predicted octanol–water partition coefficient (Wildman–Crippen LogP) is 3.72. The Kier molecular flexibility index (Phi) is 4.34. The van der Waals surface area contributed by atoms with Crippen LogP contribution in [0.5, 0.6) is 5.75 Å². The monoisotopic (exact) mass is 253 g/mol. The maximum absolute atomic E-state index is 8.61. The van der Waals surface area contributed by atoms with E-state index in [1.807, 2.05) is 48.5 Å². The summed E-state index contributed by atoms with van der Waals surface area (Å²) in [5, 5.41) is 11.6. The minimum absolute atomic E-state index is 0.443. The van der Waals surface area contributed by atoms with E-state index >= 15 is 0 Å². The molecule has 2 aromatic rings. The largest absolute Gasteiger partial charge is 0.488 e. The lowest BCUT2D eigenvalue weighted by Gasteiger charge is -2.10. The second-order valence-corrected chi connectivity index (χ2v) is 3.97.